The van der Waals surface area contributed by atoms with Gasteiger partial charge in [0.1, 0.15) is 11.4 Å². The zero-order chi connectivity index (χ0) is 21.0. The molecule has 0 fully saturated rings. The molecule has 0 spiro atoms. The van der Waals surface area contributed by atoms with Gasteiger partial charge in [0.2, 0.25) is 0 Å². The van der Waals surface area contributed by atoms with Crippen molar-refractivity contribution < 1.29 is 14.3 Å². The van der Waals surface area contributed by atoms with Gasteiger partial charge >= 0.3 is 6.16 Å². The fraction of sp³-hybridized carbons (Fsp3) is 0.696. The molecule has 0 radical (unpaired) electrons. The summed E-state index contributed by atoms with van der Waals surface area (Å²) in [6.07, 6.45) is 12.0. The SMILES string of the molecule is CCCCCCCCc1cc(CSC)cc(CSC)c1OC(=O)OC(C)(C)C. The maximum atomic E-state index is 12.3. The average molecular weight is 427 g/mol. The van der Waals surface area contributed by atoms with Crippen LogP contribution in [0.1, 0.15) is 82.9 Å². The van der Waals surface area contributed by atoms with Crippen molar-refractivity contribution in [1.82, 2.24) is 0 Å². The number of hydrogen-bond donors (Lipinski definition) is 0. The highest BCUT2D eigenvalue weighted by molar-refractivity contribution is 7.98. The van der Waals surface area contributed by atoms with Crippen molar-refractivity contribution in [3.8, 4) is 5.75 Å². The highest BCUT2D eigenvalue weighted by Crippen LogP contribution is 2.32. The summed E-state index contributed by atoms with van der Waals surface area (Å²) in [5.74, 6) is 2.50. The Hall–Kier alpha value is -0.810. The van der Waals surface area contributed by atoms with Gasteiger partial charge in [0.15, 0.2) is 0 Å². The lowest BCUT2D eigenvalue weighted by atomic mass is 9.99. The van der Waals surface area contributed by atoms with Crippen molar-refractivity contribution in [2.75, 3.05) is 12.5 Å². The molecule has 0 atom stereocenters. The number of rotatable bonds is 12. The Morgan fingerprint density at radius 1 is 0.929 bits per heavy atom. The van der Waals surface area contributed by atoms with Gasteiger partial charge in [0, 0.05) is 17.1 Å². The summed E-state index contributed by atoms with van der Waals surface area (Å²) in [5, 5.41) is 0. The second-order valence-corrected chi connectivity index (χ2v) is 9.93. The summed E-state index contributed by atoms with van der Waals surface area (Å²) in [7, 11) is 0. The van der Waals surface area contributed by atoms with E-state index in [-0.39, 0.29) is 0 Å². The van der Waals surface area contributed by atoms with E-state index in [2.05, 4.69) is 31.6 Å². The number of hydrogen-bond acceptors (Lipinski definition) is 5. The highest BCUT2D eigenvalue weighted by Gasteiger charge is 2.21. The third-order valence-electron chi connectivity index (χ3n) is 4.29. The van der Waals surface area contributed by atoms with E-state index in [4.69, 9.17) is 9.47 Å². The Balaban J connectivity index is 3.00. The zero-order valence-corrected chi connectivity index (χ0v) is 20.2. The lowest BCUT2D eigenvalue weighted by molar-refractivity contribution is 0.0202. The van der Waals surface area contributed by atoms with Crippen LogP contribution in [0, 0.1) is 0 Å². The highest BCUT2D eigenvalue weighted by atomic mass is 32.2. The van der Waals surface area contributed by atoms with Gasteiger partial charge in [-0.25, -0.2) is 4.79 Å². The Bertz CT molecular complexity index is 594. The van der Waals surface area contributed by atoms with Gasteiger partial charge in [-0.3, -0.25) is 0 Å². The normalized spacial score (nSPS) is 11.5. The predicted octanol–water partition coefficient (Wildman–Crippen LogP) is 7.63. The first kappa shape index (κ1) is 25.2. The fourth-order valence-corrected chi connectivity index (χ4v) is 4.13. The standard InChI is InChI=1S/C23H38O3S2/c1-7-8-9-10-11-12-13-19-14-18(16-27-5)15-20(17-28-6)21(19)25-22(24)26-23(2,3)4/h14-15H,7-13,16-17H2,1-6H3. The van der Waals surface area contributed by atoms with Crippen molar-refractivity contribution in [1.29, 1.82) is 0 Å². The van der Waals surface area contributed by atoms with Crippen LogP contribution in [0.3, 0.4) is 0 Å². The number of benzene rings is 1. The van der Waals surface area contributed by atoms with E-state index in [1.165, 1.54) is 37.7 Å². The van der Waals surface area contributed by atoms with Gasteiger partial charge < -0.3 is 9.47 Å². The largest absolute Gasteiger partial charge is 0.514 e. The Morgan fingerprint density at radius 3 is 2.14 bits per heavy atom. The monoisotopic (exact) mass is 426 g/mol. The van der Waals surface area contributed by atoms with Crippen LogP contribution in [0.4, 0.5) is 4.79 Å². The molecule has 0 aliphatic carbocycles. The molecule has 0 amide bonds. The molecule has 160 valence electrons. The third-order valence-corrected chi connectivity index (χ3v) is 5.51. The van der Waals surface area contributed by atoms with Crippen LogP contribution in [0.5, 0.6) is 5.75 Å². The Morgan fingerprint density at radius 2 is 1.54 bits per heavy atom. The molecule has 3 nitrogen and oxygen atoms in total. The number of carbonyl (C=O) groups excluding carboxylic acids is 1. The molecule has 0 saturated heterocycles. The summed E-state index contributed by atoms with van der Waals surface area (Å²) in [4.78, 5) is 12.3. The maximum absolute atomic E-state index is 12.3. The van der Waals surface area contributed by atoms with Crippen LogP contribution < -0.4 is 4.74 Å². The lowest BCUT2D eigenvalue weighted by Gasteiger charge is -2.21. The molecule has 5 heteroatoms. The molecule has 1 rings (SSSR count). The van der Waals surface area contributed by atoms with E-state index in [0.717, 1.165) is 35.5 Å². The Kier molecular flexibility index (Phi) is 12.1. The number of carbonyl (C=O) groups is 1. The minimum Gasteiger partial charge on any atom is -0.428 e. The van der Waals surface area contributed by atoms with Crippen LogP contribution in [0.2, 0.25) is 0 Å². The van der Waals surface area contributed by atoms with Gasteiger partial charge in [0.25, 0.3) is 0 Å². The summed E-state index contributed by atoms with van der Waals surface area (Å²) in [5.41, 5.74) is 2.96. The van der Waals surface area contributed by atoms with Gasteiger partial charge in [-0.15, -0.1) is 0 Å². The molecule has 0 aromatic heterocycles. The average Bonchev–Trinajstić information content (AvgIpc) is 2.59. The lowest BCUT2D eigenvalue weighted by Crippen LogP contribution is -2.26. The zero-order valence-electron chi connectivity index (χ0n) is 18.6. The number of aryl methyl sites for hydroxylation is 1. The van der Waals surface area contributed by atoms with Crippen molar-refractivity contribution in [3.63, 3.8) is 0 Å². The van der Waals surface area contributed by atoms with Crippen molar-refractivity contribution in [2.45, 2.75) is 89.7 Å². The van der Waals surface area contributed by atoms with Crippen molar-refractivity contribution in [3.05, 3.63) is 28.8 Å². The minimum atomic E-state index is -0.614. The molecule has 0 saturated carbocycles. The van der Waals surface area contributed by atoms with E-state index >= 15 is 0 Å². The maximum Gasteiger partial charge on any atom is 0.514 e. The summed E-state index contributed by atoms with van der Waals surface area (Å²) >= 11 is 3.56. The van der Waals surface area contributed by atoms with Crippen LogP contribution in [-0.4, -0.2) is 24.3 Å². The molecule has 1 aromatic rings. The van der Waals surface area contributed by atoms with Crippen LogP contribution in [0.25, 0.3) is 0 Å². The number of thioether (sulfide) groups is 2. The van der Waals surface area contributed by atoms with Gasteiger partial charge in [-0.05, 0) is 57.3 Å². The second-order valence-electron chi connectivity index (χ2n) is 8.19. The van der Waals surface area contributed by atoms with Crippen LogP contribution in [0.15, 0.2) is 12.1 Å². The first-order valence-electron chi connectivity index (χ1n) is 10.3. The molecule has 0 aliphatic heterocycles. The predicted molar refractivity (Wildman–Crippen MR) is 125 cm³/mol. The second kappa shape index (κ2) is 13.4. The molecule has 28 heavy (non-hydrogen) atoms. The number of unbranched alkanes of at least 4 members (excludes halogenated alkanes) is 5. The molecule has 0 aliphatic rings. The fourth-order valence-electron chi connectivity index (χ4n) is 3.11. The molecular weight excluding hydrogens is 388 g/mol. The van der Waals surface area contributed by atoms with Gasteiger partial charge in [-0.1, -0.05) is 51.2 Å². The number of ether oxygens (including phenoxy) is 2. The van der Waals surface area contributed by atoms with E-state index in [0.29, 0.717) is 5.75 Å². The Labute approximate surface area is 180 Å². The first-order chi connectivity index (χ1) is 13.3. The van der Waals surface area contributed by atoms with Crippen molar-refractivity contribution >= 4 is 29.7 Å². The van der Waals surface area contributed by atoms with Crippen LogP contribution >= 0.6 is 23.5 Å². The smallest absolute Gasteiger partial charge is 0.428 e. The minimum absolute atomic E-state index is 0.561. The third kappa shape index (κ3) is 10.1. The summed E-state index contributed by atoms with van der Waals surface area (Å²) in [6, 6.07) is 4.39. The quantitative estimate of drug-likeness (QED) is 0.195. The molecule has 0 heterocycles. The van der Waals surface area contributed by atoms with E-state index < -0.39 is 11.8 Å². The first-order valence-corrected chi connectivity index (χ1v) is 13.1. The summed E-state index contributed by atoms with van der Waals surface area (Å²) < 4.78 is 11.2. The van der Waals surface area contributed by atoms with E-state index in [1.54, 1.807) is 11.8 Å². The summed E-state index contributed by atoms with van der Waals surface area (Å²) in [6.45, 7) is 7.81. The molecule has 0 unspecified atom stereocenters. The van der Waals surface area contributed by atoms with E-state index in [1.807, 2.05) is 32.5 Å². The van der Waals surface area contributed by atoms with Gasteiger partial charge in [0.05, 0.1) is 0 Å². The molecule has 0 bridgehead atoms. The van der Waals surface area contributed by atoms with Crippen molar-refractivity contribution in [2.24, 2.45) is 0 Å². The van der Waals surface area contributed by atoms with Gasteiger partial charge in [-0.2, -0.15) is 23.5 Å². The topological polar surface area (TPSA) is 35.5 Å². The molecular formula is C23H38O3S2. The molecule has 1 aromatic carbocycles. The van der Waals surface area contributed by atoms with Crippen LogP contribution in [-0.2, 0) is 22.7 Å². The van der Waals surface area contributed by atoms with E-state index in [9.17, 15) is 4.79 Å². The molecule has 0 N–H and O–H groups in total.